The third kappa shape index (κ3) is 4.86. The molecule has 0 radical (unpaired) electrons. The lowest BCUT2D eigenvalue weighted by molar-refractivity contribution is -0.136. The van der Waals surface area contributed by atoms with Gasteiger partial charge in [0.2, 0.25) is 5.91 Å². The molecule has 0 heterocycles. The van der Waals surface area contributed by atoms with Crippen LogP contribution in [0, 0.1) is 11.3 Å². The number of rotatable bonds is 5. The van der Waals surface area contributed by atoms with Crippen molar-refractivity contribution in [2.75, 3.05) is 5.32 Å². The Hall–Kier alpha value is -1.84. The summed E-state index contributed by atoms with van der Waals surface area (Å²) in [7, 11) is 0. The minimum absolute atomic E-state index is 0.0115. The number of amides is 1. The van der Waals surface area contributed by atoms with Crippen LogP contribution in [0.15, 0.2) is 24.3 Å². The van der Waals surface area contributed by atoms with Gasteiger partial charge in [-0.1, -0.05) is 32.0 Å². The van der Waals surface area contributed by atoms with Crippen molar-refractivity contribution < 1.29 is 14.7 Å². The fraction of sp³-hybridized carbons (Fsp3) is 0.556. The molecular weight excluding hydrogens is 278 g/mol. The summed E-state index contributed by atoms with van der Waals surface area (Å²) in [5.74, 6) is -0.460. The van der Waals surface area contributed by atoms with E-state index in [4.69, 9.17) is 5.11 Å². The lowest BCUT2D eigenvalue weighted by Crippen LogP contribution is -2.25. The number of benzene rings is 1. The number of carboxylic acids is 1. The zero-order chi connectivity index (χ0) is 16.2. The first-order chi connectivity index (χ1) is 10.4. The first kappa shape index (κ1) is 16.5. The SMILES string of the molecule is CC1(C)CCC(CC(=O)Nc2ccccc2CC(=O)O)CC1. The molecule has 0 saturated heterocycles. The summed E-state index contributed by atoms with van der Waals surface area (Å²) in [6.07, 6.45) is 4.97. The van der Waals surface area contributed by atoms with Gasteiger partial charge >= 0.3 is 5.97 Å². The van der Waals surface area contributed by atoms with Crippen molar-refractivity contribution in [3.8, 4) is 0 Å². The van der Waals surface area contributed by atoms with Crippen LogP contribution in [0.3, 0.4) is 0 Å². The molecule has 1 amide bonds. The molecule has 2 N–H and O–H groups in total. The third-order valence-electron chi connectivity index (χ3n) is 4.57. The average molecular weight is 303 g/mol. The normalized spacial score (nSPS) is 17.9. The topological polar surface area (TPSA) is 66.4 Å². The molecule has 1 fully saturated rings. The van der Waals surface area contributed by atoms with E-state index in [1.165, 1.54) is 12.8 Å². The van der Waals surface area contributed by atoms with E-state index in [9.17, 15) is 9.59 Å². The largest absolute Gasteiger partial charge is 0.481 e. The fourth-order valence-corrected chi connectivity index (χ4v) is 3.09. The first-order valence-corrected chi connectivity index (χ1v) is 7.95. The van der Waals surface area contributed by atoms with Gasteiger partial charge in [-0.05, 0) is 48.6 Å². The molecule has 1 aromatic rings. The van der Waals surface area contributed by atoms with Crippen molar-refractivity contribution in [3.63, 3.8) is 0 Å². The number of aliphatic carboxylic acids is 1. The molecule has 4 heteroatoms. The standard InChI is InChI=1S/C18H25NO3/c1-18(2)9-7-13(8-10-18)11-16(20)19-15-6-4-3-5-14(15)12-17(21)22/h3-6,13H,7-12H2,1-2H3,(H,19,20)(H,21,22). The molecule has 0 atom stereocenters. The Bertz CT molecular complexity index is 541. The Labute approximate surface area is 131 Å². The third-order valence-corrected chi connectivity index (χ3v) is 4.57. The van der Waals surface area contributed by atoms with Gasteiger partial charge in [-0.15, -0.1) is 0 Å². The first-order valence-electron chi connectivity index (χ1n) is 7.95. The van der Waals surface area contributed by atoms with Gasteiger partial charge in [0, 0.05) is 12.1 Å². The number of carbonyl (C=O) groups excluding carboxylic acids is 1. The van der Waals surface area contributed by atoms with Gasteiger partial charge in [0.25, 0.3) is 0 Å². The lowest BCUT2D eigenvalue weighted by Gasteiger charge is -2.34. The Morgan fingerprint density at radius 3 is 2.50 bits per heavy atom. The zero-order valence-electron chi connectivity index (χ0n) is 13.4. The number of carbonyl (C=O) groups is 2. The average Bonchev–Trinajstić information content (AvgIpc) is 2.43. The summed E-state index contributed by atoms with van der Waals surface area (Å²) in [6.45, 7) is 4.57. The molecule has 1 aliphatic carbocycles. The van der Waals surface area contributed by atoms with E-state index in [1.54, 1.807) is 18.2 Å². The van der Waals surface area contributed by atoms with Gasteiger partial charge in [0.15, 0.2) is 0 Å². The summed E-state index contributed by atoms with van der Waals surface area (Å²) >= 11 is 0. The molecule has 1 aliphatic rings. The molecule has 4 nitrogen and oxygen atoms in total. The summed E-state index contributed by atoms with van der Waals surface area (Å²) in [6, 6.07) is 7.11. The quantitative estimate of drug-likeness (QED) is 0.868. The van der Waals surface area contributed by atoms with Crippen LogP contribution >= 0.6 is 0 Å². The van der Waals surface area contributed by atoms with Gasteiger partial charge in [-0.2, -0.15) is 0 Å². The second-order valence-electron chi connectivity index (χ2n) is 7.09. The van der Waals surface area contributed by atoms with E-state index in [-0.39, 0.29) is 12.3 Å². The number of para-hydroxylation sites is 1. The van der Waals surface area contributed by atoms with E-state index < -0.39 is 5.97 Å². The van der Waals surface area contributed by atoms with E-state index in [0.717, 1.165) is 12.8 Å². The maximum Gasteiger partial charge on any atom is 0.307 e. The minimum Gasteiger partial charge on any atom is -0.481 e. The number of hydrogen-bond acceptors (Lipinski definition) is 2. The molecule has 1 saturated carbocycles. The monoisotopic (exact) mass is 303 g/mol. The second kappa shape index (κ2) is 6.95. The molecule has 2 rings (SSSR count). The van der Waals surface area contributed by atoms with E-state index in [2.05, 4.69) is 19.2 Å². The summed E-state index contributed by atoms with van der Waals surface area (Å²) in [5.41, 5.74) is 1.67. The maximum atomic E-state index is 12.2. The Morgan fingerprint density at radius 2 is 1.86 bits per heavy atom. The highest BCUT2D eigenvalue weighted by Gasteiger charge is 2.28. The molecule has 0 unspecified atom stereocenters. The Kier molecular flexibility index (Phi) is 5.22. The molecule has 120 valence electrons. The number of carboxylic acid groups (broad SMARTS) is 1. The highest BCUT2D eigenvalue weighted by atomic mass is 16.4. The Balaban J connectivity index is 1.91. The van der Waals surface area contributed by atoms with Crippen LogP contribution in [-0.4, -0.2) is 17.0 Å². The smallest absolute Gasteiger partial charge is 0.307 e. The molecule has 0 aromatic heterocycles. The van der Waals surface area contributed by atoms with E-state index >= 15 is 0 Å². The highest BCUT2D eigenvalue weighted by Crippen LogP contribution is 2.39. The van der Waals surface area contributed by atoms with Crippen LogP contribution in [0.1, 0.15) is 51.5 Å². The zero-order valence-corrected chi connectivity index (χ0v) is 13.4. The van der Waals surface area contributed by atoms with Gasteiger partial charge in [0.05, 0.1) is 6.42 Å². The van der Waals surface area contributed by atoms with Crippen molar-refractivity contribution in [3.05, 3.63) is 29.8 Å². The van der Waals surface area contributed by atoms with E-state index in [1.807, 2.05) is 6.07 Å². The second-order valence-corrected chi connectivity index (χ2v) is 7.09. The van der Waals surface area contributed by atoms with Gasteiger partial charge in [0.1, 0.15) is 0 Å². The minimum atomic E-state index is -0.892. The van der Waals surface area contributed by atoms with Crippen molar-refractivity contribution in [2.24, 2.45) is 11.3 Å². The predicted octanol–water partition coefficient (Wildman–Crippen LogP) is 3.86. The van der Waals surface area contributed by atoms with Gasteiger partial charge in [-0.25, -0.2) is 0 Å². The van der Waals surface area contributed by atoms with Crippen molar-refractivity contribution >= 4 is 17.6 Å². The van der Waals surface area contributed by atoms with Gasteiger partial charge in [-0.3, -0.25) is 9.59 Å². The molecule has 22 heavy (non-hydrogen) atoms. The summed E-state index contributed by atoms with van der Waals surface area (Å²) < 4.78 is 0. The number of anilines is 1. The highest BCUT2D eigenvalue weighted by molar-refractivity contribution is 5.92. The van der Waals surface area contributed by atoms with Crippen molar-refractivity contribution in [2.45, 2.75) is 52.4 Å². The van der Waals surface area contributed by atoms with Crippen LogP contribution < -0.4 is 5.32 Å². The molecule has 0 aliphatic heterocycles. The van der Waals surface area contributed by atoms with Crippen molar-refractivity contribution in [1.82, 2.24) is 0 Å². The van der Waals surface area contributed by atoms with Crippen LogP contribution in [0.25, 0.3) is 0 Å². The molecule has 0 bridgehead atoms. The van der Waals surface area contributed by atoms with Gasteiger partial charge < -0.3 is 10.4 Å². The maximum absolute atomic E-state index is 12.2. The predicted molar refractivity (Wildman–Crippen MR) is 86.8 cm³/mol. The number of hydrogen-bond donors (Lipinski definition) is 2. The van der Waals surface area contributed by atoms with Crippen LogP contribution in [0.2, 0.25) is 0 Å². The fourth-order valence-electron chi connectivity index (χ4n) is 3.09. The van der Waals surface area contributed by atoms with Crippen molar-refractivity contribution in [1.29, 1.82) is 0 Å². The van der Waals surface area contributed by atoms with E-state index in [0.29, 0.717) is 29.0 Å². The summed E-state index contributed by atoms with van der Waals surface area (Å²) in [5, 5.41) is 11.8. The molecule has 0 spiro atoms. The van der Waals surface area contributed by atoms with Crippen LogP contribution in [-0.2, 0) is 16.0 Å². The van der Waals surface area contributed by atoms with Crippen LogP contribution in [0.4, 0.5) is 5.69 Å². The summed E-state index contributed by atoms with van der Waals surface area (Å²) in [4.78, 5) is 23.1. The molecule has 1 aromatic carbocycles. The number of nitrogens with one attached hydrogen (secondary N) is 1. The van der Waals surface area contributed by atoms with Crippen LogP contribution in [0.5, 0.6) is 0 Å². The molecular formula is C18H25NO3. The Morgan fingerprint density at radius 1 is 1.23 bits per heavy atom. The lowest BCUT2D eigenvalue weighted by atomic mass is 9.72.